The minimum atomic E-state index is -0.432. The van der Waals surface area contributed by atoms with Gasteiger partial charge < -0.3 is 20.1 Å². The molecule has 0 radical (unpaired) electrons. The van der Waals surface area contributed by atoms with E-state index in [9.17, 15) is 9.59 Å². The van der Waals surface area contributed by atoms with Crippen LogP contribution < -0.4 is 21.1 Å². The third-order valence-electron chi connectivity index (χ3n) is 5.04. The third kappa shape index (κ3) is 4.32. The summed E-state index contributed by atoms with van der Waals surface area (Å²) in [5.74, 6) is 1.96. The monoisotopic (exact) mass is 404 g/mol. The molecule has 154 valence electrons. The molecule has 2 aromatic heterocycles. The van der Waals surface area contributed by atoms with Crippen LogP contribution in [0.1, 0.15) is 29.0 Å². The smallest absolute Gasteiger partial charge is 0.263 e. The third-order valence-corrected chi connectivity index (χ3v) is 5.04. The first kappa shape index (κ1) is 19.6. The van der Waals surface area contributed by atoms with Crippen molar-refractivity contribution in [3.05, 3.63) is 70.4 Å². The van der Waals surface area contributed by atoms with Gasteiger partial charge in [0.25, 0.3) is 11.5 Å². The normalized spacial score (nSPS) is 13.3. The Kier molecular flexibility index (Phi) is 5.47. The van der Waals surface area contributed by atoms with Gasteiger partial charge in [0.05, 0.1) is 0 Å². The van der Waals surface area contributed by atoms with Crippen molar-refractivity contribution in [2.75, 3.05) is 28.6 Å². The first-order chi connectivity index (χ1) is 14.5. The highest BCUT2D eigenvalue weighted by molar-refractivity contribution is 6.04. The van der Waals surface area contributed by atoms with Crippen LogP contribution in [0.2, 0.25) is 0 Å². The lowest BCUT2D eigenvalue weighted by Crippen LogP contribution is -2.26. The van der Waals surface area contributed by atoms with Gasteiger partial charge in [-0.2, -0.15) is 0 Å². The summed E-state index contributed by atoms with van der Waals surface area (Å²) in [5.41, 5.74) is 1.22. The summed E-state index contributed by atoms with van der Waals surface area (Å²) in [6, 6.07) is 12.4. The number of anilines is 4. The van der Waals surface area contributed by atoms with E-state index in [0.29, 0.717) is 5.69 Å². The van der Waals surface area contributed by atoms with Gasteiger partial charge in [-0.3, -0.25) is 9.59 Å². The molecule has 8 heteroatoms. The summed E-state index contributed by atoms with van der Waals surface area (Å²) in [6.45, 7) is 3.93. The molecule has 0 saturated carbocycles. The molecule has 0 bridgehead atoms. The Morgan fingerprint density at radius 1 is 1.03 bits per heavy atom. The van der Waals surface area contributed by atoms with Gasteiger partial charge in [-0.15, -0.1) is 0 Å². The second-order valence-corrected chi connectivity index (χ2v) is 7.35. The first-order valence-electron chi connectivity index (χ1n) is 9.94. The molecule has 1 aromatic carbocycles. The van der Waals surface area contributed by atoms with E-state index in [1.165, 1.54) is 23.5 Å². The van der Waals surface area contributed by atoms with E-state index < -0.39 is 5.91 Å². The lowest BCUT2D eigenvalue weighted by molar-refractivity contribution is 0.102. The van der Waals surface area contributed by atoms with Crippen LogP contribution in [0.25, 0.3) is 0 Å². The summed E-state index contributed by atoms with van der Waals surface area (Å²) in [7, 11) is 1.61. The van der Waals surface area contributed by atoms with Gasteiger partial charge in [-0.05, 0) is 56.2 Å². The predicted molar refractivity (Wildman–Crippen MR) is 118 cm³/mol. The van der Waals surface area contributed by atoms with E-state index in [4.69, 9.17) is 0 Å². The zero-order chi connectivity index (χ0) is 21.1. The molecule has 8 nitrogen and oxygen atoms in total. The summed E-state index contributed by atoms with van der Waals surface area (Å²) >= 11 is 0. The van der Waals surface area contributed by atoms with Crippen LogP contribution >= 0.6 is 0 Å². The number of benzene rings is 1. The lowest BCUT2D eigenvalue weighted by Gasteiger charge is -2.18. The number of pyridine rings is 1. The molecule has 3 aromatic rings. The number of rotatable bonds is 5. The zero-order valence-electron chi connectivity index (χ0n) is 17.1. The number of amides is 1. The zero-order valence-corrected chi connectivity index (χ0v) is 17.1. The number of nitrogens with zero attached hydrogens (tertiary/aromatic N) is 4. The van der Waals surface area contributed by atoms with Crippen LogP contribution in [0.3, 0.4) is 0 Å². The van der Waals surface area contributed by atoms with E-state index in [2.05, 4.69) is 25.5 Å². The molecule has 1 saturated heterocycles. The molecule has 1 fully saturated rings. The van der Waals surface area contributed by atoms with Gasteiger partial charge in [0, 0.05) is 43.8 Å². The maximum absolute atomic E-state index is 12.4. The summed E-state index contributed by atoms with van der Waals surface area (Å²) in [5, 5.41) is 6.05. The van der Waals surface area contributed by atoms with Crippen LogP contribution in [0.4, 0.5) is 23.0 Å². The van der Waals surface area contributed by atoms with Gasteiger partial charge in [0.1, 0.15) is 23.0 Å². The van der Waals surface area contributed by atoms with E-state index in [1.54, 1.807) is 31.4 Å². The molecule has 3 heterocycles. The molecule has 0 aliphatic carbocycles. The largest absolute Gasteiger partial charge is 0.356 e. The average Bonchev–Trinajstić information content (AvgIpc) is 3.26. The number of nitrogens with one attached hydrogen (secondary N) is 2. The van der Waals surface area contributed by atoms with Crippen molar-refractivity contribution in [3.63, 3.8) is 0 Å². The number of carbonyl (C=O) groups excluding carboxylic acids is 1. The van der Waals surface area contributed by atoms with E-state index in [-0.39, 0.29) is 11.1 Å². The highest BCUT2D eigenvalue weighted by Crippen LogP contribution is 2.23. The molecule has 2 N–H and O–H groups in total. The molecule has 0 unspecified atom stereocenters. The van der Waals surface area contributed by atoms with Crippen molar-refractivity contribution >= 4 is 28.9 Å². The topological polar surface area (TPSA) is 92.2 Å². The molecular formula is C22H24N6O2. The molecule has 1 aliphatic heterocycles. The van der Waals surface area contributed by atoms with Crippen molar-refractivity contribution in [2.24, 2.45) is 7.05 Å². The Hall–Kier alpha value is -3.68. The minimum absolute atomic E-state index is 0.105. The van der Waals surface area contributed by atoms with E-state index in [0.717, 1.165) is 36.2 Å². The highest BCUT2D eigenvalue weighted by atomic mass is 16.2. The molecule has 0 spiro atoms. The number of hydrogen-bond donors (Lipinski definition) is 2. The summed E-state index contributed by atoms with van der Waals surface area (Å²) in [4.78, 5) is 35.8. The fourth-order valence-electron chi connectivity index (χ4n) is 3.48. The quantitative estimate of drug-likeness (QED) is 0.679. The van der Waals surface area contributed by atoms with Crippen molar-refractivity contribution < 1.29 is 4.79 Å². The van der Waals surface area contributed by atoms with Crippen LogP contribution in [0.5, 0.6) is 0 Å². The van der Waals surface area contributed by atoms with Gasteiger partial charge in [-0.25, -0.2) is 9.97 Å². The Bertz CT molecular complexity index is 1120. The number of hydrogen-bond acceptors (Lipinski definition) is 6. The van der Waals surface area contributed by atoms with Crippen molar-refractivity contribution in [3.8, 4) is 0 Å². The number of aromatic nitrogens is 3. The second kappa shape index (κ2) is 8.36. The fourth-order valence-corrected chi connectivity index (χ4v) is 3.48. The van der Waals surface area contributed by atoms with Gasteiger partial charge in [-0.1, -0.05) is 0 Å². The average molecular weight is 404 g/mol. The summed E-state index contributed by atoms with van der Waals surface area (Å²) < 4.78 is 1.38. The summed E-state index contributed by atoms with van der Waals surface area (Å²) in [6.07, 6.45) is 3.99. The molecule has 4 rings (SSSR count). The number of aryl methyl sites for hydroxylation is 2. The number of carbonyl (C=O) groups is 1. The Morgan fingerprint density at radius 3 is 2.47 bits per heavy atom. The van der Waals surface area contributed by atoms with Crippen molar-refractivity contribution in [1.29, 1.82) is 0 Å². The van der Waals surface area contributed by atoms with E-state index in [1.807, 2.05) is 25.1 Å². The molecule has 30 heavy (non-hydrogen) atoms. The van der Waals surface area contributed by atoms with Crippen molar-refractivity contribution in [2.45, 2.75) is 19.8 Å². The maximum atomic E-state index is 12.4. The predicted octanol–water partition coefficient (Wildman–Crippen LogP) is 3.08. The Labute approximate surface area is 174 Å². The molecular weight excluding hydrogens is 380 g/mol. The second-order valence-electron chi connectivity index (χ2n) is 7.35. The molecule has 1 amide bonds. The van der Waals surface area contributed by atoms with Crippen LogP contribution in [0, 0.1) is 6.92 Å². The SMILES string of the molecule is Cc1nc(Nc2ccc(NC(=O)c3cccn(C)c3=O)cc2)cc(N2CCCC2)n1. The minimum Gasteiger partial charge on any atom is -0.356 e. The Balaban J connectivity index is 1.46. The fraction of sp³-hybridized carbons (Fsp3) is 0.273. The van der Waals surface area contributed by atoms with Gasteiger partial charge in [0.2, 0.25) is 0 Å². The highest BCUT2D eigenvalue weighted by Gasteiger charge is 2.15. The lowest BCUT2D eigenvalue weighted by atomic mass is 10.2. The standard InChI is InChI=1S/C22H24N6O2/c1-15-23-19(14-20(24-15)28-12-3-4-13-28)25-16-7-9-17(10-8-16)26-21(29)18-6-5-11-27(2)22(18)30/h5-11,14H,3-4,12-13H2,1-2H3,(H,26,29)(H,23,24,25). The van der Waals surface area contributed by atoms with Gasteiger partial charge in [0.15, 0.2) is 0 Å². The van der Waals surface area contributed by atoms with E-state index >= 15 is 0 Å². The maximum Gasteiger partial charge on any atom is 0.263 e. The molecule has 1 aliphatic rings. The first-order valence-corrected chi connectivity index (χ1v) is 9.94. The Morgan fingerprint density at radius 2 is 1.73 bits per heavy atom. The van der Waals surface area contributed by atoms with Crippen LogP contribution in [-0.2, 0) is 7.05 Å². The van der Waals surface area contributed by atoms with Crippen LogP contribution in [-0.4, -0.2) is 33.5 Å². The molecule has 0 atom stereocenters. The van der Waals surface area contributed by atoms with Crippen molar-refractivity contribution in [1.82, 2.24) is 14.5 Å². The van der Waals surface area contributed by atoms with Gasteiger partial charge >= 0.3 is 0 Å². The van der Waals surface area contributed by atoms with Crippen LogP contribution in [0.15, 0.2) is 53.5 Å².